The Bertz CT molecular complexity index is 5950. The van der Waals surface area contributed by atoms with Gasteiger partial charge in [0.05, 0.1) is 105 Å². The molecule has 16 rings (SSSR count). The van der Waals surface area contributed by atoms with Crippen LogP contribution in [0, 0.1) is 12.3 Å². The molecule has 4 N–H and O–H groups in total. The van der Waals surface area contributed by atoms with E-state index in [0.29, 0.717) is 50.5 Å². The summed E-state index contributed by atoms with van der Waals surface area (Å²) in [6, 6.07) is 57.2. The van der Waals surface area contributed by atoms with Gasteiger partial charge >= 0.3 is 0 Å². The van der Waals surface area contributed by atoms with Crippen LogP contribution in [0.15, 0.2) is 164 Å². The Morgan fingerprint density at radius 1 is 0.322 bits per heavy atom. The quantitative estimate of drug-likeness (QED) is 0.0376. The summed E-state index contributed by atoms with van der Waals surface area (Å²) in [4.78, 5) is 38.4. The van der Waals surface area contributed by atoms with Crippen LogP contribution < -0.4 is 18.9 Å². The van der Waals surface area contributed by atoms with Gasteiger partial charge in [0.1, 0.15) is 23.0 Å². The maximum atomic E-state index is 6.57. The molecule has 0 radical (unpaired) electrons. The van der Waals surface area contributed by atoms with Crippen LogP contribution >= 0.6 is 0 Å². The van der Waals surface area contributed by atoms with E-state index in [4.69, 9.17) is 64.3 Å². The van der Waals surface area contributed by atoms with E-state index >= 15 is 0 Å². The number of H-pyrrole nitrogens is 4. The van der Waals surface area contributed by atoms with Crippen molar-refractivity contribution in [3.63, 3.8) is 0 Å². The third kappa shape index (κ3) is 16.5. The maximum Gasteiger partial charge on any atom is 0.119 e. The Balaban J connectivity index is 0.970. The largest absolute Gasteiger partial charge is 0.493 e. The molecule has 0 spiro atoms. The third-order valence-corrected chi connectivity index (χ3v) is 22.9. The minimum absolute atomic E-state index is 0.328. The standard InChI is InChI=1S/C99H98N8O8/c1-14-73-76-38-40-80(102-76)92(63-22-32-71(33-23-63)114-56-52-98(6,7)110-12)84-44-48-88(106-84)95(89-49-45-85(107-89)93(81-41-39-77(73)103-81)64-24-34-72(35-25-64)115-57-53-99(8,9)111-13)75-59-66-17-15-16-65(66)58-74(75)94-86-46-42-82(104-86)90(61-18-28-69(29-19-61)112-54-50-96(2,3)108-10)78-36-26-67(100-78)60-68-27-37-79(101-68)91(83-43-47-87(94)105-83)62-20-30-70(31-21-62)113-55-51-97(4,5)109-11/h1,18-49,58-60,100,102,105,107H,15-17,50-57H2,2-13H3. The van der Waals surface area contributed by atoms with Gasteiger partial charge in [0.15, 0.2) is 0 Å². The molecule has 115 heavy (non-hydrogen) atoms. The van der Waals surface area contributed by atoms with Gasteiger partial charge in [-0.25, -0.2) is 19.9 Å². The molecule has 0 atom stereocenters. The van der Waals surface area contributed by atoms with Crippen LogP contribution in [0.1, 0.15) is 150 Å². The van der Waals surface area contributed by atoms with Crippen LogP contribution in [0.3, 0.4) is 0 Å². The topological polar surface area (TPSA) is 189 Å². The molecule has 4 aliphatic heterocycles. The zero-order chi connectivity index (χ0) is 79.8. The molecule has 6 aromatic heterocycles. The Kier molecular flexibility index (Phi) is 21.4. The number of benzene rings is 5. The highest BCUT2D eigenvalue weighted by Gasteiger charge is 2.28. The Morgan fingerprint density at radius 3 is 0.965 bits per heavy atom. The summed E-state index contributed by atoms with van der Waals surface area (Å²) >= 11 is 0. The second-order valence-electron chi connectivity index (χ2n) is 32.4. The van der Waals surface area contributed by atoms with Crippen LogP contribution in [0.25, 0.3) is 160 Å². The van der Waals surface area contributed by atoms with E-state index in [1.165, 1.54) is 11.1 Å². The maximum absolute atomic E-state index is 6.57. The monoisotopic (exact) mass is 1530 g/mol. The summed E-state index contributed by atoms with van der Waals surface area (Å²) in [7, 11) is 6.94. The van der Waals surface area contributed by atoms with E-state index in [0.717, 1.165) is 206 Å². The highest BCUT2D eigenvalue weighted by atomic mass is 16.5. The van der Waals surface area contributed by atoms with Gasteiger partial charge in [-0.1, -0.05) is 66.6 Å². The number of hydrogen-bond donors (Lipinski definition) is 4. The smallest absolute Gasteiger partial charge is 0.119 e. The summed E-state index contributed by atoms with van der Waals surface area (Å²) in [5, 5.41) is 0. The van der Waals surface area contributed by atoms with Crippen molar-refractivity contribution < 1.29 is 37.9 Å². The number of aromatic nitrogens is 8. The molecule has 11 aromatic rings. The van der Waals surface area contributed by atoms with Gasteiger partial charge in [-0.3, -0.25) is 0 Å². The predicted octanol–water partition coefficient (Wildman–Crippen LogP) is 22.9. The highest BCUT2D eigenvalue weighted by molar-refractivity contribution is 6.06. The Morgan fingerprint density at radius 2 is 0.609 bits per heavy atom. The molecule has 16 heteroatoms. The predicted molar refractivity (Wildman–Crippen MR) is 469 cm³/mol. The first-order chi connectivity index (χ1) is 55.6. The number of aromatic amines is 4. The Labute approximate surface area is 672 Å². The van der Waals surface area contributed by atoms with E-state index in [1.807, 2.05) is 60.7 Å². The number of rotatable bonds is 26. The van der Waals surface area contributed by atoms with Gasteiger partial charge in [0, 0.05) is 126 Å². The fourth-order valence-electron chi connectivity index (χ4n) is 15.3. The summed E-state index contributed by atoms with van der Waals surface area (Å²) in [5.74, 6) is 6.05. The van der Waals surface area contributed by atoms with Crippen LogP contribution in [-0.2, 0) is 31.8 Å². The molecule has 0 unspecified atom stereocenters. The normalized spacial score (nSPS) is 13.2. The molecule has 16 bridgehead atoms. The van der Waals surface area contributed by atoms with E-state index in [1.54, 1.807) is 28.4 Å². The summed E-state index contributed by atoms with van der Waals surface area (Å²) in [6.45, 7) is 18.5. The van der Waals surface area contributed by atoms with Crippen molar-refractivity contribution in [3.8, 4) is 102 Å². The van der Waals surface area contributed by atoms with Crippen molar-refractivity contribution in [3.05, 3.63) is 226 Å². The zero-order valence-electron chi connectivity index (χ0n) is 67.6. The number of terminal acetylenes is 1. The van der Waals surface area contributed by atoms with Crippen LogP contribution in [-0.4, -0.2) is 117 Å². The van der Waals surface area contributed by atoms with Crippen molar-refractivity contribution in [2.24, 2.45) is 0 Å². The molecular weight excluding hydrogens is 1430 g/mol. The summed E-state index contributed by atoms with van der Waals surface area (Å²) < 4.78 is 48.5. The van der Waals surface area contributed by atoms with Crippen molar-refractivity contribution in [1.82, 2.24) is 39.9 Å². The van der Waals surface area contributed by atoms with Crippen molar-refractivity contribution in [1.29, 1.82) is 0 Å². The Hall–Kier alpha value is -12.1. The molecule has 5 aliphatic rings. The lowest BCUT2D eigenvalue weighted by molar-refractivity contribution is 0.00511. The minimum atomic E-state index is -0.339. The van der Waals surface area contributed by atoms with Crippen molar-refractivity contribution in [2.45, 2.75) is 123 Å². The molecule has 582 valence electrons. The lowest BCUT2D eigenvalue weighted by atomic mass is 9.89. The van der Waals surface area contributed by atoms with Gasteiger partial charge in [0.25, 0.3) is 0 Å². The van der Waals surface area contributed by atoms with Crippen LogP contribution in [0.4, 0.5) is 0 Å². The minimum Gasteiger partial charge on any atom is -0.493 e. The number of aryl methyl sites for hydroxylation is 2. The van der Waals surface area contributed by atoms with Crippen molar-refractivity contribution in [2.75, 3.05) is 54.9 Å². The first-order valence-electron chi connectivity index (χ1n) is 39.7. The number of ether oxygens (including phenoxy) is 8. The van der Waals surface area contributed by atoms with E-state index in [-0.39, 0.29) is 22.4 Å². The molecule has 0 amide bonds. The van der Waals surface area contributed by atoms with Crippen LogP contribution in [0.5, 0.6) is 23.0 Å². The summed E-state index contributed by atoms with van der Waals surface area (Å²) in [5.41, 5.74) is 25.6. The average Bonchev–Trinajstić information content (AvgIpc) is 1.62. The lowest BCUT2D eigenvalue weighted by Gasteiger charge is -2.22. The van der Waals surface area contributed by atoms with Crippen LogP contribution in [0.2, 0.25) is 0 Å². The number of hydrogen-bond acceptors (Lipinski definition) is 12. The first-order valence-corrected chi connectivity index (χ1v) is 39.7. The lowest BCUT2D eigenvalue weighted by Crippen LogP contribution is -2.25. The number of methoxy groups -OCH3 is 4. The van der Waals surface area contributed by atoms with Gasteiger partial charge in [-0.15, -0.1) is 6.42 Å². The number of fused-ring (bicyclic) bond motifs is 17. The van der Waals surface area contributed by atoms with E-state index in [9.17, 15) is 0 Å². The average molecular weight is 1530 g/mol. The summed E-state index contributed by atoms with van der Waals surface area (Å²) in [6.07, 6.45) is 29.1. The molecule has 1 aliphatic carbocycles. The second kappa shape index (κ2) is 32.1. The number of nitrogens with one attached hydrogen (secondary N) is 4. The van der Waals surface area contributed by atoms with Gasteiger partial charge in [0.2, 0.25) is 0 Å². The molecular formula is C99H98N8O8. The highest BCUT2D eigenvalue weighted by Crippen LogP contribution is 2.47. The second-order valence-corrected chi connectivity index (χ2v) is 32.4. The molecule has 0 saturated carbocycles. The third-order valence-electron chi connectivity index (χ3n) is 22.9. The molecule has 0 fully saturated rings. The van der Waals surface area contributed by atoms with Gasteiger partial charge in [-0.2, -0.15) is 0 Å². The first kappa shape index (κ1) is 76.9. The molecule has 5 aromatic carbocycles. The molecule has 0 saturated heterocycles. The van der Waals surface area contributed by atoms with Gasteiger partial charge < -0.3 is 57.8 Å². The van der Waals surface area contributed by atoms with E-state index in [2.05, 4.69) is 233 Å². The van der Waals surface area contributed by atoms with E-state index < -0.39 is 0 Å². The molecule has 10 heterocycles. The fraction of sp³-hybridized carbons (Fsp3) is 0.273. The number of nitrogens with zero attached hydrogens (tertiary/aromatic N) is 4. The SMILES string of the molecule is C#Cc1c2nc(c(-c3ccc(OCCC(C)(C)OC)cc3)c3ccc([nH]3)c(-c3cc4c(cc3-c3c5nc(c(-c6ccc(OCCC(C)(C)OC)cc6)c6ccc(cc7nc(c(-c8ccc(OCCC(C)(C)OC)cc8)c8ccc3[nH]8)C=C7)[nH]6)C=C5)CCC4)c3nc(c(-c4ccc(OCCC(C)(C)OC)cc4)c4ccc1[nH]4)C=C3)C=C2. The zero-order valence-corrected chi connectivity index (χ0v) is 67.6. The fourth-order valence-corrected chi connectivity index (χ4v) is 15.3. The molecule has 16 nitrogen and oxygen atoms in total. The van der Waals surface area contributed by atoms with Crippen molar-refractivity contribution >= 4 is 92.7 Å². The van der Waals surface area contributed by atoms with Gasteiger partial charge in [-0.05, 0) is 271 Å².